The Hall–Kier alpha value is -2.60. The Bertz CT molecular complexity index is 880. The molecule has 0 saturated carbocycles. The number of likely N-dealkylation sites (tertiary alicyclic amines) is 1. The normalized spacial score (nSPS) is 14.9. The Morgan fingerprint density at radius 1 is 1.19 bits per heavy atom. The molecule has 142 valence electrons. The topological polar surface area (TPSA) is 75.4 Å². The van der Waals surface area contributed by atoms with E-state index in [0.29, 0.717) is 42.9 Å². The molecule has 0 aliphatic carbocycles. The minimum absolute atomic E-state index is 0.0364. The number of carbonyl (C=O) groups excluding carboxylic acids is 2. The predicted octanol–water partition coefficient (Wildman–Crippen LogP) is 3.86. The van der Waals surface area contributed by atoms with Crippen LogP contribution in [0.3, 0.4) is 0 Å². The first-order valence-electron chi connectivity index (χ1n) is 8.76. The molecule has 1 aliphatic heterocycles. The van der Waals surface area contributed by atoms with Crippen molar-refractivity contribution in [3.63, 3.8) is 0 Å². The van der Waals surface area contributed by atoms with Gasteiger partial charge in [0, 0.05) is 35.9 Å². The Labute approximate surface area is 162 Å². The van der Waals surface area contributed by atoms with E-state index >= 15 is 0 Å². The molecule has 0 radical (unpaired) electrons. The second-order valence-corrected chi connectivity index (χ2v) is 7.17. The monoisotopic (exact) mass is 389 g/mol. The molecule has 0 aromatic heterocycles. The molecule has 5 nitrogen and oxygen atoms in total. The van der Waals surface area contributed by atoms with Crippen LogP contribution in [0.15, 0.2) is 36.4 Å². The SMILES string of the molecule is Cc1ccc(N)cc1C(=O)N1CCC(C(=O)Nc2ccc(F)c(Cl)c2)CC1. The number of anilines is 2. The maximum Gasteiger partial charge on any atom is 0.254 e. The third kappa shape index (κ3) is 4.39. The number of nitrogens with one attached hydrogen (secondary N) is 1. The summed E-state index contributed by atoms with van der Waals surface area (Å²) in [6.45, 7) is 2.87. The quantitative estimate of drug-likeness (QED) is 0.782. The summed E-state index contributed by atoms with van der Waals surface area (Å²) < 4.78 is 13.2. The van der Waals surface area contributed by atoms with Gasteiger partial charge in [-0.2, -0.15) is 0 Å². The fourth-order valence-electron chi connectivity index (χ4n) is 3.20. The van der Waals surface area contributed by atoms with Crippen molar-refractivity contribution >= 4 is 34.8 Å². The van der Waals surface area contributed by atoms with E-state index in [0.717, 1.165) is 5.56 Å². The van der Waals surface area contributed by atoms with E-state index in [1.165, 1.54) is 18.2 Å². The van der Waals surface area contributed by atoms with Gasteiger partial charge in [-0.25, -0.2) is 4.39 Å². The van der Waals surface area contributed by atoms with E-state index in [4.69, 9.17) is 17.3 Å². The second kappa shape index (κ2) is 7.96. The van der Waals surface area contributed by atoms with Crippen molar-refractivity contribution in [1.82, 2.24) is 4.90 Å². The molecule has 1 aliphatic rings. The van der Waals surface area contributed by atoms with Crippen LogP contribution in [0.25, 0.3) is 0 Å². The van der Waals surface area contributed by atoms with Gasteiger partial charge in [-0.3, -0.25) is 9.59 Å². The fourth-order valence-corrected chi connectivity index (χ4v) is 3.38. The summed E-state index contributed by atoms with van der Waals surface area (Å²) in [5.41, 5.74) is 8.28. The van der Waals surface area contributed by atoms with Crippen molar-refractivity contribution in [1.29, 1.82) is 0 Å². The van der Waals surface area contributed by atoms with Crippen molar-refractivity contribution in [2.45, 2.75) is 19.8 Å². The highest BCUT2D eigenvalue weighted by Crippen LogP contribution is 2.24. The van der Waals surface area contributed by atoms with Gasteiger partial charge < -0.3 is 16.0 Å². The molecule has 7 heteroatoms. The van der Waals surface area contributed by atoms with Crippen LogP contribution in [0.1, 0.15) is 28.8 Å². The molecule has 1 heterocycles. The Kier molecular flexibility index (Phi) is 5.65. The molecule has 1 saturated heterocycles. The number of nitrogens with zero attached hydrogens (tertiary/aromatic N) is 1. The highest BCUT2D eigenvalue weighted by atomic mass is 35.5. The van der Waals surface area contributed by atoms with Crippen molar-refractivity contribution in [3.05, 3.63) is 58.4 Å². The first-order chi connectivity index (χ1) is 12.8. The van der Waals surface area contributed by atoms with E-state index in [2.05, 4.69) is 5.32 Å². The van der Waals surface area contributed by atoms with Crippen LogP contribution in [0.5, 0.6) is 0 Å². The van der Waals surface area contributed by atoms with Gasteiger partial charge in [-0.05, 0) is 55.7 Å². The van der Waals surface area contributed by atoms with Gasteiger partial charge >= 0.3 is 0 Å². The summed E-state index contributed by atoms with van der Waals surface area (Å²) in [7, 11) is 0. The molecule has 0 spiro atoms. The number of hydrogen-bond donors (Lipinski definition) is 2. The minimum atomic E-state index is -0.529. The number of nitrogen functional groups attached to an aromatic ring is 1. The molecule has 0 unspecified atom stereocenters. The zero-order valence-corrected chi connectivity index (χ0v) is 15.7. The lowest BCUT2D eigenvalue weighted by Gasteiger charge is -2.31. The molecule has 3 N–H and O–H groups in total. The van der Waals surface area contributed by atoms with Gasteiger partial charge in [0.25, 0.3) is 5.91 Å². The molecule has 0 bridgehead atoms. The minimum Gasteiger partial charge on any atom is -0.399 e. The molecule has 2 aromatic carbocycles. The zero-order chi connectivity index (χ0) is 19.6. The van der Waals surface area contributed by atoms with Crippen LogP contribution >= 0.6 is 11.6 Å². The number of amides is 2. The van der Waals surface area contributed by atoms with Crippen LogP contribution in [-0.2, 0) is 4.79 Å². The summed E-state index contributed by atoms with van der Waals surface area (Å²) in [5.74, 6) is -0.952. The number of carbonyl (C=O) groups is 2. The Morgan fingerprint density at radius 2 is 1.89 bits per heavy atom. The number of piperidine rings is 1. The number of benzene rings is 2. The predicted molar refractivity (Wildman–Crippen MR) is 104 cm³/mol. The summed E-state index contributed by atoms with van der Waals surface area (Å²) in [6.07, 6.45) is 1.13. The van der Waals surface area contributed by atoms with E-state index in [-0.39, 0.29) is 22.8 Å². The fraction of sp³-hybridized carbons (Fsp3) is 0.300. The Balaban J connectivity index is 1.59. The number of aryl methyl sites for hydroxylation is 1. The van der Waals surface area contributed by atoms with Gasteiger partial charge in [0.1, 0.15) is 5.82 Å². The van der Waals surface area contributed by atoms with E-state index < -0.39 is 5.82 Å². The zero-order valence-electron chi connectivity index (χ0n) is 15.0. The number of halogens is 2. The van der Waals surface area contributed by atoms with Gasteiger partial charge in [0.15, 0.2) is 0 Å². The molecule has 1 fully saturated rings. The summed E-state index contributed by atoms with van der Waals surface area (Å²) in [5, 5.41) is 2.73. The van der Waals surface area contributed by atoms with Crippen molar-refractivity contribution in [2.75, 3.05) is 24.1 Å². The summed E-state index contributed by atoms with van der Waals surface area (Å²) in [6, 6.07) is 9.36. The standard InChI is InChI=1S/C20H21ClFN3O2/c1-12-2-3-14(23)10-16(12)20(27)25-8-6-13(7-9-25)19(26)24-15-4-5-18(22)17(21)11-15/h2-5,10-11,13H,6-9,23H2,1H3,(H,24,26). The lowest BCUT2D eigenvalue weighted by atomic mass is 9.95. The van der Waals surface area contributed by atoms with Crippen molar-refractivity contribution in [3.8, 4) is 0 Å². The largest absolute Gasteiger partial charge is 0.399 e. The molecule has 0 atom stereocenters. The number of rotatable bonds is 3. The van der Waals surface area contributed by atoms with Gasteiger partial charge in [-0.1, -0.05) is 17.7 Å². The first kappa shape index (κ1) is 19.2. The van der Waals surface area contributed by atoms with Crippen molar-refractivity contribution in [2.24, 2.45) is 5.92 Å². The van der Waals surface area contributed by atoms with Gasteiger partial charge in [-0.15, -0.1) is 0 Å². The average molecular weight is 390 g/mol. The summed E-state index contributed by atoms with van der Waals surface area (Å²) >= 11 is 5.74. The van der Waals surface area contributed by atoms with Crippen LogP contribution in [0, 0.1) is 18.7 Å². The van der Waals surface area contributed by atoms with Crippen LogP contribution in [0.4, 0.5) is 15.8 Å². The van der Waals surface area contributed by atoms with Crippen molar-refractivity contribution < 1.29 is 14.0 Å². The third-order valence-corrected chi connectivity index (χ3v) is 5.12. The lowest BCUT2D eigenvalue weighted by molar-refractivity contribution is -0.121. The molecular formula is C20H21ClFN3O2. The van der Waals surface area contributed by atoms with Gasteiger partial charge in [0.05, 0.1) is 5.02 Å². The maximum atomic E-state index is 13.2. The first-order valence-corrected chi connectivity index (χ1v) is 9.14. The molecule has 2 aromatic rings. The smallest absolute Gasteiger partial charge is 0.254 e. The Morgan fingerprint density at radius 3 is 2.56 bits per heavy atom. The number of hydrogen-bond acceptors (Lipinski definition) is 3. The molecule has 2 amide bonds. The summed E-state index contributed by atoms with van der Waals surface area (Å²) in [4.78, 5) is 26.9. The average Bonchev–Trinajstić information content (AvgIpc) is 2.66. The molecular weight excluding hydrogens is 369 g/mol. The van der Waals surface area contributed by atoms with E-state index in [1.54, 1.807) is 17.0 Å². The molecule has 3 rings (SSSR count). The maximum absolute atomic E-state index is 13.2. The lowest BCUT2D eigenvalue weighted by Crippen LogP contribution is -2.41. The highest BCUT2D eigenvalue weighted by Gasteiger charge is 2.28. The van der Waals surface area contributed by atoms with E-state index in [9.17, 15) is 14.0 Å². The van der Waals surface area contributed by atoms with Crippen LogP contribution < -0.4 is 11.1 Å². The van der Waals surface area contributed by atoms with E-state index in [1.807, 2.05) is 13.0 Å². The third-order valence-electron chi connectivity index (χ3n) is 4.83. The number of nitrogens with two attached hydrogens (primary N) is 1. The highest BCUT2D eigenvalue weighted by molar-refractivity contribution is 6.31. The van der Waals surface area contributed by atoms with Crippen LogP contribution in [-0.4, -0.2) is 29.8 Å². The second-order valence-electron chi connectivity index (χ2n) is 6.76. The van der Waals surface area contributed by atoms with Gasteiger partial charge in [0.2, 0.25) is 5.91 Å². The molecule has 27 heavy (non-hydrogen) atoms. The van der Waals surface area contributed by atoms with Crippen LogP contribution in [0.2, 0.25) is 5.02 Å².